The molecule has 17 heavy (non-hydrogen) atoms. The van der Waals surface area contributed by atoms with Gasteiger partial charge in [0.25, 0.3) is 0 Å². The first-order valence-corrected chi connectivity index (χ1v) is 5.51. The predicted molar refractivity (Wildman–Crippen MR) is 64.9 cm³/mol. The van der Waals surface area contributed by atoms with Crippen LogP contribution in [0.4, 0.5) is 4.39 Å². The quantitative estimate of drug-likeness (QED) is 0.881. The Hall–Kier alpha value is -1.68. The highest BCUT2D eigenvalue weighted by atomic mass is 19.1. The molecule has 0 fully saturated rings. The molecule has 0 radical (unpaired) electrons. The van der Waals surface area contributed by atoms with Crippen LogP contribution in [0, 0.1) is 5.82 Å². The van der Waals surface area contributed by atoms with Crippen molar-refractivity contribution in [2.45, 2.75) is 18.9 Å². The zero-order chi connectivity index (χ0) is 12.5. The lowest BCUT2D eigenvalue weighted by Crippen LogP contribution is -2.36. The van der Waals surface area contributed by atoms with Gasteiger partial charge in [-0.1, -0.05) is 18.2 Å². The van der Waals surface area contributed by atoms with Gasteiger partial charge in [-0.15, -0.1) is 0 Å². The van der Waals surface area contributed by atoms with E-state index in [1.807, 2.05) is 26.2 Å². The minimum atomic E-state index is -0.750. The van der Waals surface area contributed by atoms with E-state index in [2.05, 4.69) is 5.10 Å². The first-order valence-electron chi connectivity index (χ1n) is 5.51. The highest BCUT2D eigenvalue weighted by molar-refractivity contribution is 5.26. The second kappa shape index (κ2) is 4.30. The number of aromatic nitrogens is 2. The molecule has 0 amide bonds. The van der Waals surface area contributed by atoms with Crippen LogP contribution < -0.4 is 5.73 Å². The third kappa shape index (κ3) is 2.53. The molecule has 1 aromatic heterocycles. The second-order valence-corrected chi connectivity index (χ2v) is 4.55. The molecule has 0 saturated carbocycles. The summed E-state index contributed by atoms with van der Waals surface area (Å²) in [5.41, 5.74) is 6.82. The topological polar surface area (TPSA) is 43.8 Å². The minimum absolute atomic E-state index is 0.270. The molecule has 0 aliphatic rings. The Morgan fingerprint density at radius 1 is 1.35 bits per heavy atom. The molecule has 3 nitrogen and oxygen atoms in total. The summed E-state index contributed by atoms with van der Waals surface area (Å²) in [5.74, 6) is -0.270. The van der Waals surface area contributed by atoms with Gasteiger partial charge in [0, 0.05) is 30.8 Å². The fourth-order valence-corrected chi connectivity index (χ4v) is 1.95. The minimum Gasteiger partial charge on any atom is -0.321 e. The Morgan fingerprint density at radius 3 is 2.65 bits per heavy atom. The largest absolute Gasteiger partial charge is 0.321 e. The fourth-order valence-electron chi connectivity index (χ4n) is 1.95. The Morgan fingerprint density at radius 2 is 2.06 bits per heavy atom. The Bertz CT molecular complexity index is 517. The summed E-state index contributed by atoms with van der Waals surface area (Å²) in [6.45, 7) is 1.82. The van der Waals surface area contributed by atoms with Gasteiger partial charge in [0.1, 0.15) is 5.82 Å². The standard InChI is InChI=1S/C13H16FN3/c1-13(15,9-10-7-8-17(2)16-10)11-5-3-4-6-12(11)14/h3-8H,9,15H2,1-2H3. The molecule has 0 aliphatic heterocycles. The molecular formula is C13H16FN3. The predicted octanol–water partition coefficient (Wildman–Crippen LogP) is 1.98. The lowest BCUT2D eigenvalue weighted by atomic mass is 9.88. The molecule has 0 bridgehead atoms. The first-order chi connectivity index (χ1) is 7.99. The van der Waals surface area contributed by atoms with Gasteiger partial charge in [-0.3, -0.25) is 4.68 Å². The molecule has 2 N–H and O–H groups in total. The second-order valence-electron chi connectivity index (χ2n) is 4.55. The van der Waals surface area contributed by atoms with E-state index in [1.165, 1.54) is 6.07 Å². The maximum absolute atomic E-state index is 13.7. The summed E-state index contributed by atoms with van der Waals surface area (Å²) in [7, 11) is 1.85. The van der Waals surface area contributed by atoms with Crippen molar-refractivity contribution >= 4 is 0 Å². The van der Waals surface area contributed by atoms with Crippen molar-refractivity contribution in [3.05, 3.63) is 53.6 Å². The van der Waals surface area contributed by atoms with Crippen LogP contribution in [0.5, 0.6) is 0 Å². The Labute approximate surface area is 100 Å². The Balaban J connectivity index is 2.27. The van der Waals surface area contributed by atoms with E-state index >= 15 is 0 Å². The molecular weight excluding hydrogens is 217 g/mol. The number of rotatable bonds is 3. The van der Waals surface area contributed by atoms with Crippen molar-refractivity contribution in [1.29, 1.82) is 0 Å². The molecule has 0 spiro atoms. The molecule has 90 valence electrons. The summed E-state index contributed by atoms with van der Waals surface area (Å²) >= 11 is 0. The van der Waals surface area contributed by atoms with Crippen LogP contribution in [0.2, 0.25) is 0 Å². The van der Waals surface area contributed by atoms with Crippen molar-refractivity contribution in [3.63, 3.8) is 0 Å². The molecule has 2 aromatic rings. The normalized spacial score (nSPS) is 14.6. The molecule has 2 rings (SSSR count). The van der Waals surface area contributed by atoms with E-state index in [0.29, 0.717) is 12.0 Å². The molecule has 1 unspecified atom stereocenters. The van der Waals surface area contributed by atoms with Gasteiger partial charge in [0.05, 0.1) is 5.69 Å². The molecule has 0 aliphatic carbocycles. The summed E-state index contributed by atoms with van der Waals surface area (Å²) in [6, 6.07) is 8.50. The zero-order valence-corrected chi connectivity index (χ0v) is 10.0. The number of aryl methyl sites for hydroxylation is 1. The summed E-state index contributed by atoms with van der Waals surface area (Å²) in [4.78, 5) is 0. The Kier molecular flexibility index (Phi) is 2.98. The number of hydrogen-bond acceptors (Lipinski definition) is 2. The lowest BCUT2D eigenvalue weighted by Gasteiger charge is -2.24. The fraction of sp³-hybridized carbons (Fsp3) is 0.308. The molecule has 0 saturated heterocycles. The van der Waals surface area contributed by atoms with Gasteiger partial charge in [-0.2, -0.15) is 5.10 Å². The monoisotopic (exact) mass is 233 g/mol. The first kappa shape index (κ1) is 11.8. The number of benzene rings is 1. The van der Waals surface area contributed by atoms with E-state index < -0.39 is 5.54 Å². The van der Waals surface area contributed by atoms with Crippen LogP contribution in [0.3, 0.4) is 0 Å². The molecule has 1 heterocycles. The van der Waals surface area contributed by atoms with E-state index in [9.17, 15) is 4.39 Å². The van der Waals surface area contributed by atoms with Crippen molar-refractivity contribution in [2.75, 3.05) is 0 Å². The van der Waals surface area contributed by atoms with Crippen LogP contribution in [-0.2, 0) is 19.0 Å². The number of nitrogens with zero attached hydrogens (tertiary/aromatic N) is 2. The van der Waals surface area contributed by atoms with Crippen molar-refractivity contribution in [1.82, 2.24) is 9.78 Å². The van der Waals surface area contributed by atoms with E-state index in [1.54, 1.807) is 22.9 Å². The van der Waals surface area contributed by atoms with Gasteiger partial charge >= 0.3 is 0 Å². The van der Waals surface area contributed by atoms with Crippen molar-refractivity contribution < 1.29 is 4.39 Å². The highest BCUT2D eigenvalue weighted by Gasteiger charge is 2.25. The van der Waals surface area contributed by atoms with Gasteiger partial charge < -0.3 is 5.73 Å². The smallest absolute Gasteiger partial charge is 0.128 e. The van der Waals surface area contributed by atoms with E-state index in [4.69, 9.17) is 5.73 Å². The SMILES string of the molecule is Cn1ccc(CC(C)(N)c2ccccc2F)n1. The lowest BCUT2D eigenvalue weighted by molar-refractivity contribution is 0.450. The summed E-state index contributed by atoms with van der Waals surface area (Å²) < 4.78 is 15.4. The van der Waals surface area contributed by atoms with Crippen molar-refractivity contribution in [2.24, 2.45) is 12.8 Å². The molecule has 1 atom stereocenters. The average molecular weight is 233 g/mol. The van der Waals surface area contributed by atoms with Gasteiger partial charge in [0.15, 0.2) is 0 Å². The number of nitrogens with two attached hydrogens (primary N) is 1. The highest BCUT2D eigenvalue weighted by Crippen LogP contribution is 2.24. The third-order valence-corrected chi connectivity index (χ3v) is 2.81. The van der Waals surface area contributed by atoms with Crippen LogP contribution in [0.15, 0.2) is 36.5 Å². The number of halogens is 1. The maximum atomic E-state index is 13.7. The molecule has 4 heteroatoms. The van der Waals surface area contributed by atoms with E-state index in [0.717, 1.165) is 5.69 Å². The number of hydrogen-bond donors (Lipinski definition) is 1. The third-order valence-electron chi connectivity index (χ3n) is 2.81. The molecule has 1 aromatic carbocycles. The van der Waals surface area contributed by atoms with Gasteiger partial charge in [-0.05, 0) is 19.1 Å². The maximum Gasteiger partial charge on any atom is 0.128 e. The summed E-state index contributed by atoms with van der Waals surface area (Å²) in [6.07, 6.45) is 2.36. The van der Waals surface area contributed by atoms with E-state index in [-0.39, 0.29) is 5.82 Å². The van der Waals surface area contributed by atoms with Crippen molar-refractivity contribution in [3.8, 4) is 0 Å². The van der Waals surface area contributed by atoms with Crippen LogP contribution >= 0.6 is 0 Å². The van der Waals surface area contributed by atoms with Gasteiger partial charge in [0.2, 0.25) is 0 Å². The summed E-state index contributed by atoms with van der Waals surface area (Å²) in [5, 5.41) is 4.27. The van der Waals surface area contributed by atoms with Crippen LogP contribution in [0.25, 0.3) is 0 Å². The zero-order valence-electron chi connectivity index (χ0n) is 10.0. The van der Waals surface area contributed by atoms with Crippen LogP contribution in [-0.4, -0.2) is 9.78 Å². The average Bonchev–Trinajstić information content (AvgIpc) is 2.63. The van der Waals surface area contributed by atoms with Crippen LogP contribution in [0.1, 0.15) is 18.2 Å². The van der Waals surface area contributed by atoms with Gasteiger partial charge in [-0.25, -0.2) is 4.39 Å².